The van der Waals surface area contributed by atoms with Gasteiger partial charge in [0.1, 0.15) is 0 Å². The summed E-state index contributed by atoms with van der Waals surface area (Å²) in [6.07, 6.45) is 3.09. The Bertz CT molecular complexity index is 96.9. The maximum Gasteiger partial charge on any atom is 0.0301 e. The monoisotopic (exact) mass is 141 g/mol. The number of hydrogen-bond donors (Lipinski definition) is 0. The Hall–Kier alpha value is -0.460. The van der Waals surface area contributed by atoms with E-state index in [0.29, 0.717) is 12.0 Å². The molecule has 0 aliphatic rings. The Kier molecular flexibility index (Phi) is 4.17. The van der Waals surface area contributed by atoms with E-state index in [-0.39, 0.29) is 0 Å². The Morgan fingerprint density at radius 1 is 1.50 bits per heavy atom. The molecule has 0 N–H and O–H groups in total. The van der Waals surface area contributed by atoms with Crippen LogP contribution in [0.2, 0.25) is 0 Å². The first-order chi connectivity index (χ1) is 4.63. The normalized spacial score (nSPS) is 13.3. The van der Waals surface area contributed by atoms with Crippen LogP contribution in [0.1, 0.15) is 27.2 Å². The lowest BCUT2D eigenvalue weighted by molar-refractivity contribution is 0.252. The van der Waals surface area contributed by atoms with E-state index in [2.05, 4.69) is 39.3 Å². The van der Waals surface area contributed by atoms with E-state index in [4.69, 9.17) is 0 Å². The molecule has 1 atom stereocenters. The summed E-state index contributed by atoms with van der Waals surface area (Å²) in [6.45, 7) is 10.4. The first-order valence-corrected chi connectivity index (χ1v) is 3.98. The van der Waals surface area contributed by atoms with Gasteiger partial charge in [0.15, 0.2) is 0 Å². The molecule has 0 aliphatic carbocycles. The van der Waals surface area contributed by atoms with Crippen LogP contribution in [0.4, 0.5) is 0 Å². The molecule has 0 aliphatic heterocycles. The summed E-state index contributed by atoms with van der Waals surface area (Å²) < 4.78 is 0. The molecule has 0 aromatic carbocycles. The molecular weight excluding hydrogens is 122 g/mol. The van der Waals surface area contributed by atoms with Crippen LogP contribution in [0, 0.1) is 5.92 Å². The van der Waals surface area contributed by atoms with Crippen LogP contribution in [-0.4, -0.2) is 18.0 Å². The van der Waals surface area contributed by atoms with Gasteiger partial charge in [0.25, 0.3) is 0 Å². The van der Waals surface area contributed by atoms with Crippen LogP contribution in [0.5, 0.6) is 0 Å². The lowest BCUT2D eigenvalue weighted by atomic mass is 10.0. The third-order valence-electron chi connectivity index (χ3n) is 2.00. The zero-order valence-electron chi connectivity index (χ0n) is 7.59. The predicted molar refractivity (Wildman–Crippen MR) is 46.9 cm³/mol. The fourth-order valence-electron chi connectivity index (χ4n) is 1.37. The molecule has 0 rings (SSSR count). The first kappa shape index (κ1) is 9.54. The fraction of sp³-hybridized carbons (Fsp3) is 0.778. The van der Waals surface area contributed by atoms with E-state index in [9.17, 15) is 0 Å². The number of rotatable bonds is 4. The molecule has 0 aromatic heterocycles. The van der Waals surface area contributed by atoms with Crippen LogP contribution < -0.4 is 0 Å². The van der Waals surface area contributed by atoms with Gasteiger partial charge in [0.05, 0.1) is 0 Å². The zero-order valence-corrected chi connectivity index (χ0v) is 7.59. The molecule has 0 amide bonds. The van der Waals surface area contributed by atoms with Crippen LogP contribution >= 0.6 is 0 Å². The van der Waals surface area contributed by atoms with Gasteiger partial charge < -0.3 is 4.90 Å². The second kappa shape index (κ2) is 4.37. The fourth-order valence-corrected chi connectivity index (χ4v) is 1.37. The summed E-state index contributed by atoms with van der Waals surface area (Å²) >= 11 is 0. The van der Waals surface area contributed by atoms with Gasteiger partial charge >= 0.3 is 0 Å². The van der Waals surface area contributed by atoms with E-state index < -0.39 is 0 Å². The van der Waals surface area contributed by atoms with Crippen molar-refractivity contribution in [2.75, 3.05) is 7.05 Å². The Labute approximate surface area is 64.7 Å². The second-order valence-corrected chi connectivity index (χ2v) is 3.07. The molecule has 0 saturated carbocycles. The molecule has 0 aromatic rings. The summed E-state index contributed by atoms with van der Waals surface area (Å²) in [4.78, 5) is 2.19. The van der Waals surface area contributed by atoms with Gasteiger partial charge in [-0.05, 0) is 18.5 Å². The lowest BCUT2D eigenvalue weighted by Crippen LogP contribution is -2.30. The van der Waals surface area contributed by atoms with Crippen LogP contribution in [0.3, 0.4) is 0 Å². The lowest BCUT2D eigenvalue weighted by Gasteiger charge is -2.28. The molecule has 0 spiro atoms. The van der Waals surface area contributed by atoms with E-state index in [1.807, 2.05) is 6.20 Å². The molecule has 0 bridgehead atoms. The van der Waals surface area contributed by atoms with Gasteiger partial charge in [-0.1, -0.05) is 27.4 Å². The summed E-state index contributed by atoms with van der Waals surface area (Å²) in [5.74, 6) is 0.716. The molecule has 60 valence electrons. The Morgan fingerprint density at radius 2 is 2.00 bits per heavy atom. The van der Waals surface area contributed by atoms with Crippen molar-refractivity contribution in [1.82, 2.24) is 4.90 Å². The molecular formula is C9H19N. The van der Waals surface area contributed by atoms with Crippen molar-refractivity contribution < 1.29 is 0 Å². The highest BCUT2D eigenvalue weighted by Crippen LogP contribution is 2.11. The van der Waals surface area contributed by atoms with Crippen molar-refractivity contribution in [3.8, 4) is 0 Å². The summed E-state index contributed by atoms with van der Waals surface area (Å²) in [5, 5.41) is 0. The highest BCUT2D eigenvalue weighted by Gasteiger charge is 2.12. The molecule has 0 heterocycles. The predicted octanol–water partition coefficient (Wildman–Crippen LogP) is 2.50. The average Bonchev–Trinajstić information content (AvgIpc) is 1.88. The van der Waals surface area contributed by atoms with Gasteiger partial charge in [-0.3, -0.25) is 0 Å². The minimum absolute atomic E-state index is 0.650. The quantitative estimate of drug-likeness (QED) is 0.581. The van der Waals surface area contributed by atoms with E-state index in [1.165, 1.54) is 6.42 Å². The summed E-state index contributed by atoms with van der Waals surface area (Å²) in [7, 11) is 2.08. The maximum atomic E-state index is 3.74. The SMILES string of the molecule is C=CN(C)C(CC)C(C)C. The summed E-state index contributed by atoms with van der Waals surface area (Å²) in [6, 6.07) is 0.650. The van der Waals surface area contributed by atoms with Gasteiger partial charge in [0, 0.05) is 13.1 Å². The van der Waals surface area contributed by atoms with Gasteiger partial charge in [0.2, 0.25) is 0 Å². The Balaban J connectivity index is 3.92. The molecule has 10 heavy (non-hydrogen) atoms. The Morgan fingerprint density at radius 3 is 2.10 bits per heavy atom. The molecule has 1 nitrogen and oxygen atoms in total. The van der Waals surface area contributed by atoms with Gasteiger partial charge in [-0.25, -0.2) is 0 Å². The highest BCUT2D eigenvalue weighted by molar-refractivity contribution is 4.77. The third kappa shape index (κ3) is 2.42. The van der Waals surface area contributed by atoms with Gasteiger partial charge in [-0.2, -0.15) is 0 Å². The third-order valence-corrected chi connectivity index (χ3v) is 2.00. The van der Waals surface area contributed by atoms with Crippen molar-refractivity contribution in [3.63, 3.8) is 0 Å². The first-order valence-electron chi connectivity index (χ1n) is 3.98. The van der Waals surface area contributed by atoms with Crippen LogP contribution in [0.25, 0.3) is 0 Å². The van der Waals surface area contributed by atoms with E-state index in [1.54, 1.807) is 0 Å². The standard InChI is InChI=1S/C9H19N/c1-6-9(8(3)4)10(5)7-2/h7-9H,2,6H2,1,3-5H3. The molecule has 0 radical (unpaired) electrons. The number of hydrogen-bond acceptors (Lipinski definition) is 1. The van der Waals surface area contributed by atoms with Crippen LogP contribution in [-0.2, 0) is 0 Å². The van der Waals surface area contributed by atoms with E-state index in [0.717, 1.165) is 0 Å². The second-order valence-electron chi connectivity index (χ2n) is 3.07. The maximum absolute atomic E-state index is 3.74. The van der Waals surface area contributed by atoms with Crippen LogP contribution in [0.15, 0.2) is 12.8 Å². The molecule has 1 unspecified atom stereocenters. The van der Waals surface area contributed by atoms with Crippen molar-refractivity contribution in [1.29, 1.82) is 0 Å². The minimum atomic E-state index is 0.650. The smallest absolute Gasteiger partial charge is 0.0301 e. The van der Waals surface area contributed by atoms with E-state index >= 15 is 0 Å². The van der Waals surface area contributed by atoms with Crippen molar-refractivity contribution in [2.45, 2.75) is 33.2 Å². The van der Waals surface area contributed by atoms with Crippen molar-refractivity contribution in [3.05, 3.63) is 12.8 Å². The largest absolute Gasteiger partial charge is 0.378 e. The molecule has 0 fully saturated rings. The minimum Gasteiger partial charge on any atom is -0.378 e. The van der Waals surface area contributed by atoms with Crippen molar-refractivity contribution in [2.24, 2.45) is 5.92 Å². The van der Waals surface area contributed by atoms with Crippen molar-refractivity contribution >= 4 is 0 Å². The zero-order chi connectivity index (χ0) is 8.15. The topological polar surface area (TPSA) is 3.24 Å². The highest BCUT2D eigenvalue weighted by atomic mass is 15.1. The molecule has 0 saturated heterocycles. The number of nitrogens with zero attached hydrogens (tertiary/aromatic N) is 1. The van der Waals surface area contributed by atoms with Gasteiger partial charge in [-0.15, -0.1) is 0 Å². The summed E-state index contributed by atoms with van der Waals surface area (Å²) in [5.41, 5.74) is 0. The average molecular weight is 141 g/mol. The molecule has 1 heteroatoms.